The molecule has 1 aromatic rings. The van der Waals surface area contributed by atoms with E-state index in [0.29, 0.717) is 12.0 Å². The predicted octanol–water partition coefficient (Wildman–Crippen LogP) is 4.21. The van der Waals surface area contributed by atoms with E-state index in [9.17, 15) is 9.65 Å². The third-order valence-corrected chi connectivity index (χ3v) is 3.84. The van der Waals surface area contributed by atoms with Crippen molar-refractivity contribution in [2.24, 2.45) is 5.41 Å². The zero-order valence-corrected chi connectivity index (χ0v) is 10.6. The van der Waals surface area contributed by atoms with Crippen molar-refractivity contribution >= 4 is 15.9 Å². The summed E-state index contributed by atoms with van der Waals surface area (Å²) in [6.07, 6.45) is 4.53. The van der Waals surface area contributed by atoms with Crippen LogP contribution in [0.25, 0.3) is 0 Å². The Morgan fingerprint density at radius 2 is 2.06 bits per heavy atom. The number of rotatable bonds is 2. The lowest BCUT2D eigenvalue weighted by atomic mass is 9.81. The van der Waals surface area contributed by atoms with Crippen molar-refractivity contribution in [3.8, 4) is 6.07 Å². The molecule has 1 aromatic carbocycles. The number of nitrogens with zero attached hydrogens (tertiary/aromatic N) is 1. The Labute approximate surface area is 103 Å². The molecule has 84 valence electrons. The van der Waals surface area contributed by atoms with Crippen LogP contribution in [0.2, 0.25) is 0 Å². The van der Waals surface area contributed by atoms with Crippen molar-refractivity contribution in [3.05, 3.63) is 34.1 Å². The lowest BCUT2D eigenvalue weighted by molar-refractivity contribution is 0.399. The summed E-state index contributed by atoms with van der Waals surface area (Å²) in [5, 5.41) is 9.24. The monoisotopic (exact) mass is 281 g/mol. The summed E-state index contributed by atoms with van der Waals surface area (Å²) >= 11 is 3.23. The minimum Gasteiger partial charge on any atom is -0.207 e. The van der Waals surface area contributed by atoms with Crippen molar-refractivity contribution < 1.29 is 4.39 Å². The van der Waals surface area contributed by atoms with Crippen LogP contribution in [0, 0.1) is 22.6 Å². The lowest BCUT2D eigenvalue weighted by Crippen LogP contribution is -2.17. The smallest absolute Gasteiger partial charge is 0.127 e. The van der Waals surface area contributed by atoms with Crippen LogP contribution in [-0.2, 0) is 6.42 Å². The Hall–Kier alpha value is -0.880. The van der Waals surface area contributed by atoms with E-state index in [1.54, 1.807) is 6.07 Å². The Kier molecular flexibility index (Phi) is 3.30. The fourth-order valence-corrected chi connectivity index (χ4v) is 2.74. The van der Waals surface area contributed by atoms with Crippen LogP contribution in [0.3, 0.4) is 0 Å². The van der Waals surface area contributed by atoms with Gasteiger partial charge in [-0.05, 0) is 37.0 Å². The van der Waals surface area contributed by atoms with Crippen LogP contribution in [0.5, 0.6) is 0 Å². The Balaban J connectivity index is 2.23. The van der Waals surface area contributed by atoms with Gasteiger partial charge in [0, 0.05) is 4.47 Å². The van der Waals surface area contributed by atoms with Gasteiger partial charge in [0.05, 0.1) is 11.5 Å². The highest BCUT2D eigenvalue weighted by molar-refractivity contribution is 9.10. The molecule has 16 heavy (non-hydrogen) atoms. The van der Waals surface area contributed by atoms with Gasteiger partial charge in [-0.2, -0.15) is 5.26 Å². The third-order valence-electron chi connectivity index (χ3n) is 3.34. The number of hydrogen-bond donors (Lipinski definition) is 0. The number of hydrogen-bond acceptors (Lipinski definition) is 1. The van der Waals surface area contributed by atoms with Crippen molar-refractivity contribution in [1.82, 2.24) is 0 Å². The van der Waals surface area contributed by atoms with E-state index in [0.717, 1.165) is 30.2 Å². The Bertz CT molecular complexity index is 430. The summed E-state index contributed by atoms with van der Waals surface area (Å²) in [5.41, 5.74) is 0.334. The van der Waals surface area contributed by atoms with Gasteiger partial charge in [-0.25, -0.2) is 4.39 Å². The van der Waals surface area contributed by atoms with Crippen LogP contribution in [0.15, 0.2) is 22.7 Å². The molecule has 0 N–H and O–H groups in total. The van der Waals surface area contributed by atoms with E-state index in [2.05, 4.69) is 22.0 Å². The molecule has 1 aliphatic carbocycles. The highest BCUT2D eigenvalue weighted by Crippen LogP contribution is 2.40. The molecular weight excluding hydrogens is 269 g/mol. The van der Waals surface area contributed by atoms with Crippen molar-refractivity contribution in [2.75, 3.05) is 0 Å². The first kappa shape index (κ1) is 11.6. The molecule has 0 amide bonds. The number of nitriles is 1. The first-order valence-corrected chi connectivity index (χ1v) is 6.30. The summed E-state index contributed by atoms with van der Waals surface area (Å²) in [4.78, 5) is 0. The zero-order chi connectivity index (χ0) is 11.6. The van der Waals surface area contributed by atoms with Crippen molar-refractivity contribution in [1.29, 1.82) is 5.26 Å². The van der Waals surface area contributed by atoms with Gasteiger partial charge in [0.15, 0.2) is 0 Å². The van der Waals surface area contributed by atoms with Crippen molar-refractivity contribution in [3.63, 3.8) is 0 Å². The van der Waals surface area contributed by atoms with Crippen LogP contribution in [-0.4, -0.2) is 0 Å². The van der Waals surface area contributed by atoms with E-state index in [1.165, 1.54) is 6.07 Å². The van der Waals surface area contributed by atoms with E-state index in [-0.39, 0.29) is 11.2 Å². The summed E-state index contributed by atoms with van der Waals surface area (Å²) in [5.74, 6) is -0.212. The molecule has 0 heterocycles. The summed E-state index contributed by atoms with van der Waals surface area (Å²) in [6.45, 7) is 0. The average molecular weight is 282 g/mol. The average Bonchev–Trinajstić information content (AvgIpc) is 2.72. The molecule has 1 aliphatic rings. The van der Waals surface area contributed by atoms with E-state index in [4.69, 9.17) is 0 Å². The maximum absolute atomic E-state index is 13.7. The zero-order valence-electron chi connectivity index (χ0n) is 8.97. The molecule has 0 aromatic heterocycles. The van der Waals surface area contributed by atoms with Gasteiger partial charge in [0.25, 0.3) is 0 Å². The fourth-order valence-electron chi connectivity index (χ4n) is 2.41. The standard InChI is InChI=1S/C13H13BrFN/c14-11-4-3-10(12(15)7-11)8-13(9-16)5-1-2-6-13/h3-4,7H,1-2,5-6,8H2. The van der Waals surface area contributed by atoms with Gasteiger partial charge in [-0.3, -0.25) is 0 Å². The first-order valence-electron chi connectivity index (χ1n) is 5.50. The second-order valence-electron chi connectivity index (χ2n) is 4.51. The molecule has 0 spiro atoms. The minimum atomic E-state index is -0.325. The first-order chi connectivity index (χ1) is 7.65. The summed E-state index contributed by atoms with van der Waals surface area (Å²) in [7, 11) is 0. The molecule has 2 rings (SSSR count). The molecule has 3 heteroatoms. The van der Waals surface area contributed by atoms with Crippen LogP contribution >= 0.6 is 15.9 Å². The molecule has 0 radical (unpaired) electrons. The summed E-state index contributed by atoms with van der Waals surface area (Å²) < 4.78 is 14.4. The maximum atomic E-state index is 13.7. The highest BCUT2D eigenvalue weighted by Gasteiger charge is 2.34. The largest absolute Gasteiger partial charge is 0.207 e. The maximum Gasteiger partial charge on any atom is 0.127 e. The van der Waals surface area contributed by atoms with Gasteiger partial charge < -0.3 is 0 Å². The third kappa shape index (κ3) is 2.27. The highest BCUT2D eigenvalue weighted by atomic mass is 79.9. The Morgan fingerprint density at radius 3 is 2.62 bits per heavy atom. The van der Waals surface area contributed by atoms with Crippen LogP contribution in [0.1, 0.15) is 31.2 Å². The molecule has 0 atom stereocenters. The topological polar surface area (TPSA) is 23.8 Å². The van der Waals surface area contributed by atoms with E-state index < -0.39 is 0 Å². The van der Waals surface area contributed by atoms with Gasteiger partial charge in [0.2, 0.25) is 0 Å². The molecule has 1 fully saturated rings. The van der Waals surface area contributed by atoms with Crippen LogP contribution in [0.4, 0.5) is 4.39 Å². The molecule has 0 saturated heterocycles. The number of halogens is 2. The van der Waals surface area contributed by atoms with Gasteiger partial charge in [-0.15, -0.1) is 0 Å². The normalized spacial score (nSPS) is 18.3. The SMILES string of the molecule is N#CC1(Cc2ccc(Br)cc2F)CCCC1. The molecule has 0 bridgehead atoms. The molecule has 0 aliphatic heterocycles. The lowest BCUT2D eigenvalue weighted by Gasteiger charge is -2.20. The second-order valence-corrected chi connectivity index (χ2v) is 5.43. The molecule has 0 unspecified atom stereocenters. The van der Waals surface area contributed by atoms with Gasteiger partial charge in [0.1, 0.15) is 5.82 Å². The molecular formula is C13H13BrFN. The van der Waals surface area contributed by atoms with Crippen molar-refractivity contribution in [2.45, 2.75) is 32.1 Å². The van der Waals surface area contributed by atoms with Gasteiger partial charge in [-0.1, -0.05) is 34.8 Å². The summed E-state index contributed by atoms with van der Waals surface area (Å²) in [6, 6.07) is 7.46. The van der Waals surface area contributed by atoms with E-state index in [1.807, 2.05) is 6.07 Å². The predicted molar refractivity (Wildman–Crippen MR) is 64.3 cm³/mol. The Morgan fingerprint density at radius 1 is 1.38 bits per heavy atom. The fraction of sp³-hybridized carbons (Fsp3) is 0.462. The van der Waals surface area contributed by atoms with Gasteiger partial charge >= 0.3 is 0 Å². The minimum absolute atomic E-state index is 0.212. The molecule has 1 nitrogen and oxygen atoms in total. The van der Waals surface area contributed by atoms with E-state index >= 15 is 0 Å². The molecule has 1 saturated carbocycles. The number of benzene rings is 1. The van der Waals surface area contributed by atoms with Crippen LogP contribution < -0.4 is 0 Å². The second kappa shape index (κ2) is 4.55. The quantitative estimate of drug-likeness (QED) is 0.797.